The minimum absolute atomic E-state index is 0.444. The van der Waals surface area contributed by atoms with Crippen molar-refractivity contribution in [2.45, 2.75) is 20.3 Å². The second-order valence-corrected chi connectivity index (χ2v) is 6.92. The lowest BCUT2D eigenvalue weighted by Crippen LogP contribution is -2.43. The summed E-state index contributed by atoms with van der Waals surface area (Å²) in [6.45, 7) is 5.55. The number of hydrogen-bond donors (Lipinski definition) is 3. The highest BCUT2D eigenvalue weighted by Crippen LogP contribution is 2.10. The van der Waals surface area contributed by atoms with Crippen molar-refractivity contribution in [2.24, 2.45) is 4.99 Å². The molecule has 0 aliphatic carbocycles. The molecule has 3 N–H and O–H groups in total. The minimum Gasteiger partial charge on any atom is -0.383 e. The van der Waals surface area contributed by atoms with Crippen molar-refractivity contribution in [1.29, 1.82) is 0 Å². The first-order chi connectivity index (χ1) is 13.5. The number of benzene rings is 1. The number of aliphatic imine (C=N–C) groups is 1. The topological polar surface area (TPSA) is 83.5 Å². The third-order valence-corrected chi connectivity index (χ3v) is 4.12. The van der Waals surface area contributed by atoms with Crippen LogP contribution in [-0.2, 0) is 11.2 Å². The van der Waals surface area contributed by atoms with E-state index in [0.29, 0.717) is 36.7 Å². The number of aromatic nitrogens is 2. The van der Waals surface area contributed by atoms with Crippen LogP contribution in [0.4, 0.5) is 5.95 Å². The molecule has 1 heterocycles. The summed E-state index contributed by atoms with van der Waals surface area (Å²) in [6, 6.07) is 9.63. The number of rotatable bonds is 7. The van der Waals surface area contributed by atoms with Gasteiger partial charge in [0.1, 0.15) is 0 Å². The molecule has 0 spiro atoms. The molecule has 0 atom stereocenters. The van der Waals surface area contributed by atoms with Crippen molar-refractivity contribution in [1.82, 2.24) is 20.6 Å². The zero-order chi connectivity index (χ0) is 20.4. The third-order valence-electron chi connectivity index (χ3n) is 3.62. The average Bonchev–Trinajstić information content (AvgIpc) is 2.62. The van der Waals surface area contributed by atoms with Gasteiger partial charge >= 0.3 is 0 Å². The lowest BCUT2D eigenvalue weighted by atomic mass is 10.1. The molecule has 28 heavy (non-hydrogen) atoms. The van der Waals surface area contributed by atoms with E-state index in [-0.39, 0.29) is 0 Å². The fourth-order valence-electron chi connectivity index (χ4n) is 2.36. The normalized spacial score (nSPS) is 11.2. The standard InChI is InChI=1S/C19H25ClN6OS/c1-13-12-14(2)24-18(23-13)25-17(26-19(28)22-10-11-27-3)21-9-8-15-4-6-16(20)7-5-15/h4-7,12H,8-11H2,1-3H3,(H3,21,22,23,24,25,26,28). The molecule has 0 radical (unpaired) electrons. The van der Waals surface area contributed by atoms with Crippen molar-refractivity contribution in [3.63, 3.8) is 0 Å². The minimum atomic E-state index is 0.444. The summed E-state index contributed by atoms with van der Waals surface area (Å²) in [4.78, 5) is 13.4. The second-order valence-electron chi connectivity index (χ2n) is 6.08. The molecule has 0 saturated heterocycles. The van der Waals surface area contributed by atoms with Gasteiger partial charge in [-0.15, -0.1) is 0 Å². The lowest BCUT2D eigenvalue weighted by Gasteiger charge is -2.14. The van der Waals surface area contributed by atoms with Crippen LogP contribution >= 0.6 is 23.8 Å². The molecule has 0 fully saturated rings. The first kappa shape index (κ1) is 22.0. The Labute approximate surface area is 176 Å². The molecule has 0 saturated carbocycles. The summed E-state index contributed by atoms with van der Waals surface area (Å²) in [5.41, 5.74) is 2.89. The van der Waals surface area contributed by atoms with Gasteiger partial charge in [0, 0.05) is 36.6 Å². The quantitative estimate of drug-likeness (QED) is 0.275. The number of halogens is 1. The van der Waals surface area contributed by atoms with E-state index in [2.05, 4.69) is 30.9 Å². The van der Waals surface area contributed by atoms with E-state index in [9.17, 15) is 0 Å². The summed E-state index contributed by atoms with van der Waals surface area (Å²) in [6.07, 6.45) is 0.765. The van der Waals surface area contributed by atoms with Gasteiger partial charge in [-0.2, -0.15) is 0 Å². The largest absolute Gasteiger partial charge is 0.383 e. The highest BCUT2D eigenvalue weighted by Gasteiger charge is 2.07. The smallest absolute Gasteiger partial charge is 0.229 e. The summed E-state index contributed by atoms with van der Waals surface area (Å²) >= 11 is 11.2. The summed E-state index contributed by atoms with van der Waals surface area (Å²) in [5.74, 6) is 0.948. The molecule has 1 aromatic heterocycles. The molecule has 0 bridgehead atoms. The van der Waals surface area contributed by atoms with Crippen molar-refractivity contribution in [3.05, 3.63) is 52.3 Å². The highest BCUT2D eigenvalue weighted by atomic mass is 35.5. The maximum absolute atomic E-state index is 5.93. The molecular formula is C19H25ClN6OS. The van der Waals surface area contributed by atoms with Crippen LogP contribution in [0, 0.1) is 13.8 Å². The Morgan fingerprint density at radius 1 is 1.18 bits per heavy atom. The van der Waals surface area contributed by atoms with E-state index in [4.69, 9.17) is 28.6 Å². The number of nitrogens with zero attached hydrogens (tertiary/aromatic N) is 3. The van der Waals surface area contributed by atoms with Crippen LogP contribution in [0.25, 0.3) is 0 Å². The molecule has 0 aliphatic rings. The fourth-order valence-corrected chi connectivity index (χ4v) is 2.69. The van der Waals surface area contributed by atoms with Crippen molar-refractivity contribution in [2.75, 3.05) is 32.1 Å². The van der Waals surface area contributed by atoms with E-state index in [1.165, 1.54) is 0 Å². The SMILES string of the molecule is COCCNC(=S)NC(=NCCc1ccc(Cl)cc1)Nc1nc(C)cc(C)n1. The number of anilines is 1. The van der Waals surface area contributed by atoms with E-state index in [1.807, 2.05) is 44.2 Å². The predicted molar refractivity (Wildman–Crippen MR) is 118 cm³/mol. The first-order valence-corrected chi connectivity index (χ1v) is 9.67. The average molecular weight is 421 g/mol. The van der Waals surface area contributed by atoms with Crippen LogP contribution in [0.3, 0.4) is 0 Å². The van der Waals surface area contributed by atoms with Gasteiger partial charge in [-0.1, -0.05) is 23.7 Å². The number of thiocarbonyl (C=S) groups is 1. The molecule has 1 aromatic carbocycles. The van der Waals surface area contributed by atoms with Gasteiger partial charge in [-0.3, -0.25) is 10.3 Å². The van der Waals surface area contributed by atoms with E-state index in [1.54, 1.807) is 7.11 Å². The molecule has 0 aliphatic heterocycles. The monoisotopic (exact) mass is 420 g/mol. The Bertz CT molecular complexity index is 792. The van der Waals surface area contributed by atoms with Gasteiger partial charge in [0.15, 0.2) is 5.11 Å². The summed E-state index contributed by atoms with van der Waals surface area (Å²) < 4.78 is 5.02. The zero-order valence-corrected chi connectivity index (χ0v) is 17.8. The molecule has 2 rings (SSSR count). The van der Waals surface area contributed by atoms with Crippen LogP contribution in [0.2, 0.25) is 5.02 Å². The lowest BCUT2D eigenvalue weighted by molar-refractivity contribution is 0.204. The molecular weight excluding hydrogens is 396 g/mol. The number of methoxy groups -OCH3 is 1. The third kappa shape index (κ3) is 8.16. The number of nitrogens with one attached hydrogen (secondary N) is 3. The number of hydrogen-bond acceptors (Lipinski definition) is 5. The molecule has 9 heteroatoms. The summed E-state index contributed by atoms with van der Waals surface area (Å²) in [7, 11) is 1.64. The highest BCUT2D eigenvalue weighted by molar-refractivity contribution is 7.80. The zero-order valence-electron chi connectivity index (χ0n) is 16.3. The van der Waals surface area contributed by atoms with Crippen LogP contribution in [0.15, 0.2) is 35.3 Å². The van der Waals surface area contributed by atoms with E-state index in [0.717, 1.165) is 28.4 Å². The van der Waals surface area contributed by atoms with Crippen molar-refractivity contribution >= 4 is 40.8 Å². The predicted octanol–water partition coefficient (Wildman–Crippen LogP) is 2.87. The van der Waals surface area contributed by atoms with Gasteiger partial charge in [0.2, 0.25) is 11.9 Å². The Morgan fingerprint density at radius 2 is 1.86 bits per heavy atom. The van der Waals surface area contributed by atoms with E-state index < -0.39 is 0 Å². The maximum atomic E-state index is 5.93. The van der Waals surface area contributed by atoms with Gasteiger partial charge in [0.05, 0.1) is 6.61 Å². The fraction of sp³-hybridized carbons (Fsp3) is 0.368. The van der Waals surface area contributed by atoms with Crippen LogP contribution in [-0.4, -0.2) is 47.8 Å². The number of ether oxygens (including phenoxy) is 1. The van der Waals surface area contributed by atoms with Crippen LogP contribution < -0.4 is 16.0 Å². The van der Waals surface area contributed by atoms with E-state index >= 15 is 0 Å². The van der Waals surface area contributed by atoms with Crippen molar-refractivity contribution in [3.8, 4) is 0 Å². The first-order valence-electron chi connectivity index (χ1n) is 8.88. The maximum Gasteiger partial charge on any atom is 0.229 e. The molecule has 7 nitrogen and oxygen atoms in total. The molecule has 0 amide bonds. The van der Waals surface area contributed by atoms with Gasteiger partial charge < -0.3 is 15.4 Å². The van der Waals surface area contributed by atoms with Gasteiger partial charge in [-0.05, 0) is 56.2 Å². The Balaban J connectivity index is 2.05. The second kappa shape index (κ2) is 11.5. The van der Waals surface area contributed by atoms with Crippen molar-refractivity contribution < 1.29 is 4.74 Å². The molecule has 0 unspecified atom stereocenters. The van der Waals surface area contributed by atoms with Gasteiger partial charge in [0.25, 0.3) is 0 Å². The van der Waals surface area contributed by atoms with Crippen LogP contribution in [0.5, 0.6) is 0 Å². The summed E-state index contributed by atoms with van der Waals surface area (Å²) in [5, 5.41) is 10.4. The Hall–Kier alpha value is -2.29. The Kier molecular flexibility index (Phi) is 9.06. The number of guanidine groups is 1. The molecule has 150 valence electrons. The Morgan fingerprint density at radius 3 is 2.50 bits per heavy atom. The molecule has 2 aromatic rings. The van der Waals surface area contributed by atoms with Gasteiger partial charge in [-0.25, -0.2) is 9.97 Å². The van der Waals surface area contributed by atoms with Crippen LogP contribution in [0.1, 0.15) is 17.0 Å². The number of aryl methyl sites for hydroxylation is 2.